The summed E-state index contributed by atoms with van der Waals surface area (Å²) in [5, 5.41) is 3.78. The van der Waals surface area contributed by atoms with Crippen molar-refractivity contribution in [3.8, 4) is 0 Å². The number of amides is 1. The van der Waals surface area contributed by atoms with E-state index in [4.69, 9.17) is 4.52 Å². The standard InChI is InChI=1S/C15H15FN2O2/c1-9-3-4-11-8-12(16)5-6-14(11)18(9)15(19)13-7-10(2)20-17-13/h5-9H,3-4H2,1-2H3/t9-/m1/s1. The Bertz CT molecular complexity index is 666. The quantitative estimate of drug-likeness (QED) is 0.802. The third kappa shape index (κ3) is 2.09. The number of nitrogens with zero attached hydrogens (tertiary/aromatic N) is 2. The van der Waals surface area contributed by atoms with E-state index in [1.165, 1.54) is 12.1 Å². The lowest BCUT2D eigenvalue weighted by Gasteiger charge is -2.34. The van der Waals surface area contributed by atoms with E-state index < -0.39 is 0 Å². The fraction of sp³-hybridized carbons (Fsp3) is 0.333. The summed E-state index contributed by atoms with van der Waals surface area (Å²) in [4.78, 5) is 14.3. The number of rotatable bonds is 1. The van der Waals surface area contributed by atoms with E-state index in [2.05, 4.69) is 5.16 Å². The van der Waals surface area contributed by atoms with Crippen molar-refractivity contribution < 1.29 is 13.7 Å². The number of hydrogen-bond donors (Lipinski definition) is 0. The van der Waals surface area contributed by atoms with Gasteiger partial charge in [-0.3, -0.25) is 4.79 Å². The highest BCUT2D eigenvalue weighted by atomic mass is 19.1. The molecule has 0 spiro atoms. The second-order valence-corrected chi connectivity index (χ2v) is 5.16. The summed E-state index contributed by atoms with van der Waals surface area (Å²) in [6, 6.07) is 6.20. The summed E-state index contributed by atoms with van der Waals surface area (Å²) >= 11 is 0. The number of fused-ring (bicyclic) bond motifs is 1. The Labute approximate surface area is 116 Å². The first-order valence-electron chi connectivity index (χ1n) is 6.61. The largest absolute Gasteiger partial charge is 0.361 e. The molecule has 5 heteroatoms. The minimum absolute atomic E-state index is 0.0532. The van der Waals surface area contributed by atoms with Crippen molar-refractivity contribution in [3.63, 3.8) is 0 Å². The minimum Gasteiger partial charge on any atom is -0.361 e. The van der Waals surface area contributed by atoms with Gasteiger partial charge >= 0.3 is 0 Å². The first-order valence-corrected chi connectivity index (χ1v) is 6.61. The van der Waals surface area contributed by atoms with Crippen LogP contribution in [0.3, 0.4) is 0 Å². The van der Waals surface area contributed by atoms with Gasteiger partial charge in [-0.2, -0.15) is 0 Å². The van der Waals surface area contributed by atoms with Gasteiger partial charge in [0, 0.05) is 17.8 Å². The molecule has 1 amide bonds. The van der Waals surface area contributed by atoms with E-state index >= 15 is 0 Å². The van der Waals surface area contributed by atoms with Crippen LogP contribution in [0.25, 0.3) is 0 Å². The molecule has 1 aromatic carbocycles. The van der Waals surface area contributed by atoms with Crippen LogP contribution in [0.4, 0.5) is 10.1 Å². The molecule has 0 aliphatic carbocycles. The molecular weight excluding hydrogens is 259 g/mol. The predicted molar refractivity (Wildman–Crippen MR) is 72.2 cm³/mol. The van der Waals surface area contributed by atoms with Gasteiger partial charge in [0.2, 0.25) is 0 Å². The van der Waals surface area contributed by atoms with E-state index in [1.54, 1.807) is 24.0 Å². The highest BCUT2D eigenvalue weighted by Crippen LogP contribution is 2.32. The van der Waals surface area contributed by atoms with Gasteiger partial charge in [-0.05, 0) is 50.5 Å². The predicted octanol–water partition coefficient (Wildman–Crippen LogP) is 3.10. The normalized spacial score (nSPS) is 17.9. The first kappa shape index (κ1) is 12.8. The summed E-state index contributed by atoms with van der Waals surface area (Å²) in [5.41, 5.74) is 1.90. The molecule has 0 unspecified atom stereocenters. The molecule has 0 N–H and O–H groups in total. The lowest BCUT2D eigenvalue weighted by atomic mass is 9.96. The molecule has 1 aromatic heterocycles. The molecule has 1 aliphatic heterocycles. The van der Waals surface area contributed by atoms with Crippen LogP contribution in [0.5, 0.6) is 0 Å². The van der Waals surface area contributed by atoms with E-state index in [9.17, 15) is 9.18 Å². The van der Waals surface area contributed by atoms with Gasteiger partial charge in [-0.15, -0.1) is 0 Å². The average molecular weight is 274 g/mol. The van der Waals surface area contributed by atoms with Gasteiger partial charge in [0.1, 0.15) is 11.6 Å². The first-order chi connectivity index (χ1) is 9.56. The van der Waals surface area contributed by atoms with Crippen LogP contribution in [0.15, 0.2) is 28.8 Å². The zero-order valence-electron chi connectivity index (χ0n) is 11.4. The Balaban J connectivity index is 2.02. The van der Waals surface area contributed by atoms with E-state index in [1.807, 2.05) is 6.92 Å². The van der Waals surface area contributed by atoms with E-state index in [0.29, 0.717) is 5.76 Å². The molecule has 2 heterocycles. The molecule has 20 heavy (non-hydrogen) atoms. The maximum absolute atomic E-state index is 13.3. The van der Waals surface area contributed by atoms with Crippen LogP contribution in [-0.2, 0) is 6.42 Å². The number of carbonyl (C=O) groups excluding carboxylic acids is 1. The topological polar surface area (TPSA) is 46.3 Å². The lowest BCUT2D eigenvalue weighted by molar-refractivity contribution is 0.0966. The number of carbonyl (C=O) groups is 1. The molecule has 4 nitrogen and oxygen atoms in total. The number of aromatic nitrogens is 1. The molecule has 0 fully saturated rings. The second-order valence-electron chi connectivity index (χ2n) is 5.16. The minimum atomic E-state index is -0.275. The maximum atomic E-state index is 13.3. The Kier molecular flexibility index (Phi) is 3.04. The summed E-state index contributed by atoms with van der Waals surface area (Å²) < 4.78 is 18.3. The van der Waals surface area contributed by atoms with Crippen LogP contribution in [0, 0.1) is 12.7 Å². The summed E-state index contributed by atoms with van der Waals surface area (Å²) in [5.74, 6) is 0.113. The zero-order valence-corrected chi connectivity index (χ0v) is 11.4. The number of aryl methyl sites for hydroxylation is 2. The molecule has 0 saturated carbocycles. The third-order valence-corrected chi connectivity index (χ3v) is 3.64. The van der Waals surface area contributed by atoms with Crippen molar-refractivity contribution >= 4 is 11.6 Å². The van der Waals surface area contributed by atoms with Crippen molar-refractivity contribution in [2.24, 2.45) is 0 Å². The molecule has 0 bridgehead atoms. The Morgan fingerprint density at radius 1 is 1.45 bits per heavy atom. The highest BCUT2D eigenvalue weighted by Gasteiger charge is 2.30. The van der Waals surface area contributed by atoms with Crippen LogP contribution >= 0.6 is 0 Å². The monoisotopic (exact) mass is 274 g/mol. The zero-order chi connectivity index (χ0) is 14.3. The number of anilines is 1. The third-order valence-electron chi connectivity index (χ3n) is 3.64. The van der Waals surface area contributed by atoms with E-state index in [0.717, 1.165) is 24.1 Å². The summed E-state index contributed by atoms with van der Waals surface area (Å²) in [7, 11) is 0. The van der Waals surface area contributed by atoms with Gasteiger partial charge in [0.25, 0.3) is 5.91 Å². The lowest BCUT2D eigenvalue weighted by Crippen LogP contribution is -2.42. The smallest absolute Gasteiger partial charge is 0.280 e. The molecule has 0 saturated heterocycles. The SMILES string of the molecule is Cc1cc(C(=O)N2c3ccc(F)cc3CC[C@H]2C)no1. The second kappa shape index (κ2) is 4.74. The van der Waals surface area contributed by atoms with Gasteiger partial charge in [-0.25, -0.2) is 4.39 Å². The fourth-order valence-corrected chi connectivity index (χ4v) is 2.62. The van der Waals surface area contributed by atoms with Gasteiger partial charge in [-0.1, -0.05) is 5.16 Å². The Morgan fingerprint density at radius 3 is 2.95 bits per heavy atom. The number of benzene rings is 1. The molecule has 3 rings (SSSR count). The van der Waals surface area contributed by atoms with Crippen molar-refractivity contribution in [1.29, 1.82) is 0 Å². The molecule has 104 valence electrons. The summed E-state index contributed by atoms with van der Waals surface area (Å²) in [6.45, 7) is 3.73. The van der Waals surface area contributed by atoms with Crippen molar-refractivity contribution in [2.75, 3.05) is 4.90 Å². The fourth-order valence-electron chi connectivity index (χ4n) is 2.62. The van der Waals surface area contributed by atoms with Crippen LogP contribution in [0.1, 0.15) is 35.2 Å². The Hall–Kier alpha value is -2.17. The van der Waals surface area contributed by atoms with Crippen molar-refractivity contribution in [3.05, 3.63) is 47.1 Å². The van der Waals surface area contributed by atoms with E-state index in [-0.39, 0.29) is 23.5 Å². The maximum Gasteiger partial charge on any atom is 0.280 e. The van der Waals surface area contributed by atoms with Gasteiger partial charge < -0.3 is 9.42 Å². The van der Waals surface area contributed by atoms with Gasteiger partial charge in [0.15, 0.2) is 5.69 Å². The number of halogens is 1. The average Bonchev–Trinajstić information content (AvgIpc) is 2.85. The molecule has 1 aliphatic rings. The van der Waals surface area contributed by atoms with Crippen molar-refractivity contribution in [2.45, 2.75) is 32.7 Å². The highest BCUT2D eigenvalue weighted by molar-refractivity contribution is 6.05. The molecular formula is C15H15FN2O2. The van der Waals surface area contributed by atoms with Crippen molar-refractivity contribution in [1.82, 2.24) is 5.16 Å². The summed E-state index contributed by atoms with van der Waals surface area (Å²) in [6.07, 6.45) is 1.58. The Morgan fingerprint density at radius 2 is 2.25 bits per heavy atom. The molecule has 2 aromatic rings. The molecule has 1 atom stereocenters. The van der Waals surface area contributed by atoms with Crippen LogP contribution in [0.2, 0.25) is 0 Å². The van der Waals surface area contributed by atoms with Crippen LogP contribution < -0.4 is 4.90 Å². The number of hydrogen-bond acceptors (Lipinski definition) is 3. The van der Waals surface area contributed by atoms with Gasteiger partial charge in [0.05, 0.1) is 0 Å². The van der Waals surface area contributed by atoms with Crippen LogP contribution in [-0.4, -0.2) is 17.1 Å². The molecule has 0 radical (unpaired) electrons.